The van der Waals surface area contributed by atoms with E-state index in [0.717, 1.165) is 19.3 Å². The summed E-state index contributed by atoms with van der Waals surface area (Å²) in [6.07, 6.45) is 5.79. The molecule has 0 saturated heterocycles. The summed E-state index contributed by atoms with van der Waals surface area (Å²) in [7, 11) is -4.04. The van der Waals surface area contributed by atoms with E-state index < -0.39 is 22.9 Å². The number of halogens is 3. The van der Waals surface area contributed by atoms with Crippen molar-refractivity contribution in [2.24, 2.45) is 0 Å². The van der Waals surface area contributed by atoms with E-state index in [-0.39, 0.29) is 5.75 Å². The number of hydrogen-bond acceptors (Lipinski definition) is 3. The number of hydrogen-bond donors (Lipinski definition) is 0. The molecule has 0 rings (SSSR count). The van der Waals surface area contributed by atoms with Crippen molar-refractivity contribution < 1.29 is 25.8 Å². The Morgan fingerprint density at radius 2 is 1.24 bits per heavy atom. The third-order valence-electron chi connectivity index (χ3n) is 3.15. The van der Waals surface area contributed by atoms with Crippen LogP contribution in [0.3, 0.4) is 0 Å². The summed E-state index contributed by atoms with van der Waals surface area (Å²) in [5.74, 6) is -0.334. The van der Waals surface area contributed by atoms with Crippen molar-refractivity contribution in [2.45, 2.75) is 77.3 Å². The van der Waals surface area contributed by atoms with E-state index >= 15 is 0 Å². The topological polar surface area (TPSA) is 43.4 Å². The van der Waals surface area contributed by atoms with E-state index in [9.17, 15) is 21.6 Å². The molecule has 0 radical (unpaired) electrons. The van der Waals surface area contributed by atoms with Crippen LogP contribution < -0.4 is 0 Å². The molecule has 0 saturated carbocycles. The molecule has 21 heavy (non-hydrogen) atoms. The van der Waals surface area contributed by atoms with Gasteiger partial charge in [-0.25, -0.2) is 0 Å². The van der Waals surface area contributed by atoms with Crippen LogP contribution in [0.25, 0.3) is 0 Å². The predicted molar refractivity (Wildman–Crippen MR) is 77.6 cm³/mol. The highest BCUT2D eigenvalue weighted by atomic mass is 32.2. The normalized spacial score (nSPS) is 12.8. The molecule has 0 atom stereocenters. The zero-order valence-electron chi connectivity index (χ0n) is 12.8. The lowest BCUT2D eigenvalue weighted by molar-refractivity contribution is -0.152. The van der Waals surface area contributed by atoms with Gasteiger partial charge in [0.05, 0.1) is 5.75 Å². The van der Waals surface area contributed by atoms with Crippen LogP contribution in [0.15, 0.2) is 0 Å². The second-order valence-corrected chi connectivity index (χ2v) is 7.08. The third-order valence-corrected chi connectivity index (χ3v) is 4.42. The molecule has 0 aromatic rings. The van der Waals surface area contributed by atoms with Gasteiger partial charge in [0.15, 0.2) is 6.61 Å². The molecule has 0 aliphatic heterocycles. The van der Waals surface area contributed by atoms with Gasteiger partial charge in [0.25, 0.3) is 10.1 Å². The summed E-state index contributed by atoms with van der Waals surface area (Å²) < 4.78 is 61.8. The minimum absolute atomic E-state index is 0.334. The molecule has 0 aromatic heterocycles. The highest BCUT2D eigenvalue weighted by Gasteiger charge is 2.30. The fourth-order valence-electron chi connectivity index (χ4n) is 1.98. The van der Waals surface area contributed by atoms with Gasteiger partial charge in [-0.2, -0.15) is 21.6 Å². The van der Waals surface area contributed by atoms with Crippen molar-refractivity contribution in [2.75, 3.05) is 12.4 Å². The van der Waals surface area contributed by atoms with Gasteiger partial charge < -0.3 is 0 Å². The minimum atomic E-state index is -4.61. The Balaban J connectivity index is 3.45. The van der Waals surface area contributed by atoms with Gasteiger partial charge in [0.2, 0.25) is 0 Å². The van der Waals surface area contributed by atoms with Crippen LogP contribution in [0.2, 0.25) is 0 Å². The van der Waals surface area contributed by atoms with Crippen LogP contribution >= 0.6 is 0 Å². The molecule has 0 unspecified atom stereocenters. The Labute approximate surface area is 126 Å². The van der Waals surface area contributed by atoms with Crippen molar-refractivity contribution in [1.29, 1.82) is 0 Å². The molecule has 0 N–H and O–H groups in total. The van der Waals surface area contributed by atoms with Gasteiger partial charge in [-0.1, -0.05) is 64.7 Å². The van der Waals surface area contributed by atoms with Crippen molar-refractivity contribution >= 4 is 10.1 Å². The monoisotopic (exact) mass is 332 g/mol. The van der Waals surface area contributed by atoms with Crippen LogP contribution in [0.1, 0.15) is 71.1 Å². The maximum Gasteiger partial charge on any atom is 0.413 e. The Morgan fingerprint density at radius 3 is 1.67 bits per heavy atom. The average molecular weight is 332 g/mol. The highest BCUT2D eigenvalue weighted by Crippen LogP contribution is 2.17. The standard InChI is InChI=1S/C14H27F3O3S/c1-2-3-4-5-6-7-8-9-10-11-12-21(18,19)20-13-14(15,16)17/h2-13H2,1H3. The van der Waals surface area contributed by atoms with Crippen molar-refractivity contribution in [3.8, 4) is 0 Å². The Morgan fingerprint density at radius 1 is 0.810 bits per heavy atom. The minimum Gasteiger partial charge on any atom is -0.261 e. The van der Waals surface area contributed by atoms with E-state index in [4.69, 9.17) is 0 Å². The lowest BCUT2D eigenvalue weighted by atomic mass is 10.1. The molecule has 3 nitrogen and oxygen atoms in total. The third kappa shape index (κ3) is 15.9. The van der Waals surface area contributed by atoms with E-state index in [1.54, 1.807) is 0 Å². The first-order valence-electron chi connectivity index (χ1n) is 7.70. The maximum atomic E-state index is 11.8. The molecular weight excluding hydrogens is 305 g/mol. The number of alkyl halides is 3. The lowest BCUT2D eigenvalue weighted by Gasteiger charge is -2.08. The van der Waals surface area contributed by atoms with Gasteiger partial charge in [0, 0.05) is 0 Å². The SMILES string of the molecule is CCCCCCCCCCCCS(=O)(=O)OCC(F)(F)F. The smallest absolute Gasteiger partial charge is 0.261 e. The predicted octanol–water partition coefficient (Wildman–Crippen LogP) is 4.82. The zero-order valence-corrected chi connectivity index (χ0v) is 13.6. The van der Waals surface area contributed by atoms with Crippen LogP contribution in [-0.4, -0.2) is 27.0 Å². The number of rotatable bonds is 13. The van der Waals surface area contributed by atoms with Crippen LogP contribution in [-0.2, 0) is 14.3 Å². The molecule has 0 bridgehead atoms. The summed E-state index contributed by atoms with van der Waals surface area (Å²) >= 11 is 0. The van der Waals surface area contributed by atoms with Gasteiger partial charge in [-0.3, -0.25) is 4.18 Å². The maximum absolute atomic E-state index is 11.8. The van der Waals surface area contributed by atoms with Crippen LogP contribution in [0.5, 0.6) is 0 Å². The first kappa shape index (κ1) is 20.7. The van der Waals surface area contributed by atoms with Gasteiger partial charge >= 0.3 is 6.18 Å². The molecule has 7 heteroatoms. The zero-order chi connectivity index (χ0) is 16.2. The summed E-state index contributed by atoms with van der Waals surface area (Å²) in [6, 6.07) is 0. The summed E-state index contributed by atoms with van der Waals surface area (Å²) in [5.41, 5.74) is 0. The lowest BCUT2D eigenvalue weighted by Crippen LogP contribution is -2.22. The Kier molecular flexibility index (Phi) is 11.1. The fourth-order valence-corrected chi connectivity index (χ4v) is 2.97. The number of unbranched alkanes of at least 4 members (excludes halogenated alkanes) is 9. The van der Waals surface area contributed by atoms with E-state index in [1.165, 1.54) is 32.1 Å². The van der Waals surface area contributed by atoms with E-state index in [0.29, 0.717) is 12.8 Å². The molecule has 0 amide bonds. The van der Waals surface area contributed by atoms with Crippen molar-refractivity contribution in [3.63, 3.8) is 0 Å². The largest absolute Gasteiger partial charge is 0.413 e. The van der Waals surface area contributed by atoms with Crippen molar-refractivity contribution in [1.82, 2.24) is 0 Å². The van der Waals surface area contributed by atoms with Crippen LogP contribution in [0.4, 0.5) is 13.2 Å². The Bertz CT molecular complexity index is 340. The second-order valence-electron chi connectivity index (χ2n) is 5.32. The van der Waals surface area contributed by atoms with Gasteiger partial charge in [-0.05, 0) is 6.42 Å². The molecule has 128 valence electrons. The second kappa shape index (κ2) is 11.3. The van der Waals surface area contributed by atoms with Gasteiger partial charge in [-0.15, -0.1) is 0 Å². The van der Waals surface area contributed by atoms with E-state index in [2.05, 4.69) is 11.1 Å². The quantitative estimate of drug-likeness (QED) is 0.359. The molecule has 0 aliphatic rings. The molecular formula is C14H27F3O3S. The summed E-state index contributed by atoms with van der Waals surface area (Å²) in [6.45, 7) is 0.444. The van der Waals surface area contributed by atoms with E-state index in [1.807, 2.05) is 0 Å². The fraction of sp³-hybridized carbons (Fsp3) is 1.00. The van der Waals surface area contributed by atoms with Crippen molar-refractivity contribution in [3.05, 3.63) is 0 Å². The molecule has 0 aromatic carbocycles. The first-order valence-corrected chi connectivity index (χ1v) is 9.28. The Hall–Kier alpha value is -0.300. The summed E-state index contributed by atoms with van der Waals surface area (Å²) in [5, 5.41) is 0. The molecule has 0 spiro atoms. The van der Waals surface area contributed by atoms with Gasteiger partial charge in [0.1, 0.15) is 0 Å². The van der Waals surface area contributed by atoms with Crippen LogP contribution in [0, 0.1) is 0 Å². The average Bonchev–Trinajstić information content (AvgIpc) is 2.38. The highest BCUT2D eigenvalue weighted by molar-refractivity contribution is 7.86. The first-order chi connectivity index (χ1) is 9.77. The molecule has 0 fully saturated rings. The summed E-state index contributed by atoms with van der Waals surface area (Å²) in [4.78, 5) is 0. The molecule has 0 aliphatic carbocycles. The molecule has 0 heterocycles.